The van der Waals surface area contributed by atoms with Gasteiger partial charge in [-0.1, -0.05) is 50.0 Å². The number of benzene rings is 1. The summed E-state index contributed by atoms with van der Waals surface area (Å²) in [5.41, 5.74) is 0.646. The lowest BCUT2D eigenvalue weighted by atomic mass is 9.82. The summed E-state index contributed by atoms with van der Waals surface area (Å²) in [6.45, 7) is 5.95. The monoisotopic (exact) mass is 258 g/mol. The molecule has 3 heteroatoms. The molecule has 0 heterocycles. The van der Waals surface area contributed by atoms with Crippen molar-refractivity contribution in [3.8, 4) is 0 Å². The van der Waals surface area contributed by atoms with Crippen LogP contribution in [0.25, 0.3) is 0 Å². The van der Waals surface area contributed by atoms with Crippen LogP contribution >= 0.6 is 23.2 Å². The molecule has 1 rings (SSSR count). The van der Waals surface area contributed by atoms with Gasteiger partial charge in [0, 0.05) is 11.8 Å². The fraction of sp³-hybridized carbons (Fsp3) is 0.462. The van der Waals surface area contributed by atoms with Crippen molar-refractivity contribution in [2.75, 3.05) is 0 Å². The summed E-state index contributed by atoms with van der Waals surface area (Å²) in [5, 5.41) is 1.02. The van der Waals surface area contributed by atoms with Gasteiger partial charge < -0.3 is 0 Å². The second kappa shape index (κ2) is 5.20. The minimum absolute atomic E-state index is 0.230. The molecule has 0 radical (unpaired) electrons. The van der Waals surface area contributed by atoms with Crippen LogP contribution < -0.4 is 0 Å². The van der Waals surface area contributed by atoms with E-state index < -0.39 is 0 Å². The maximum atomic E-state index is 12.0. The van der Waals surface area contributed by atoms with E-state index in [1.807, 2.05) is 26.8 Å². The Morgan fingerprint density at radius 2 is 1.88 bits per heavy atom. The van der Waals surface area contributed by atoms with Gasteiger partial charge in [-0.05, 0) is 24.1 Å². The molecule has 0 aliphatic rings. The second-order valence-electron chi connectivity index (χ2n) is 4.59. The maximum Gasteiger partial charge on any atom is 0.142 e. The van der Waals surface area contributed by atoms with Crippen molar-refractivity contribution >= 4 is 29.0 Å². The molecule has 0 saturated carbocycles. The maximum absolute atomic E-state index is 12.0. The van der Waals surface area contributed by atoms with Crippen LogP contribution in [0.1, 0.15) is 32.8 Å². The SMILES string of the molecule is CCC(C)(C)C(=O)Cc1ccc(Cl)c(Cl)c1. The van der Waals surface area contributed by atoms with Crippen molar-refractivity contribution in [2.24, 2.45) is 5.41 Å². The normalized spacial score (nSPS) is 11.6. The molecular formula is C13H16Cl2O. The van der Waals surface area contributed by atoms with Gasteiger partial charge >= 0.3 is 0 Å². The van der Waals surface area contributed by atoms with Crippen LogP contribution in [0.3, 0.4) is 0 Å². The predicted octanol–water partition coefficient (Wildman–Crippen LogP) is 4.54. The molecule has 0 atom stereocenters. The zero-order chi connectivity index (χ0) is 12.3. The molecule has 88 valence electrons. The Hall–Kier alpha value is -0.530. The standard InChI is InChI=1S/C13H16Cl2O/c1-4-13(2,3)12(16)8-9-5-6-10(14)11(15)7-9/h5-7H,4,8H2,1-3H3. The van der Waals surface area contributed by atoms with E-state index in [0.29, 0.717) is 16.5 Å². The average molecular weight is 259 g/mol. The molecule has 0 saturated heterocycles. The highest BCUT2D eigenvalue weighted by Crippen LogP contribution is 2.26. The van der Waals surface area contributed by atoms with E-state index in [1.54, 1.807) is 12.1 Å². The quantitative estimate of drug-likeness (QED) is 0.775. The van der Waals surface area contributed by atoms with Crippen LogP contribution in [0.2, 0.25) is 10.0 Å². The Labute approximate surface area is 107 Å². The lowest BCUT2D eigenvalue weighted by molar-refractivity contribution is -0.126. The summed E-state index contributed by atoms with van der Waals surface area (Å²) >= 11 is 11.7. The minimum atomic E-state index is -0.272. The summed E-state index contributed by atoms with van der Waals surface area (Å²) in [6.07, 6.45) is 1.25. The molecule has 0 aliphatic carbocycles. The first kappa shape index (κ1) is 13.5. The van der Waals surface area contributed by atoms with E-state index in [2.05, 4.69) is 0 Å². The van der Waals surface area contributed by atoms with Gasteiger partial charge in [-0.15, -0.1) is 0 Å². The van der Waals surface area contributed by atoms with Crippen LogP contribution in [0.4, 0.5) is 0 Å². The van der Waals surface area contributed by atoms with E-state index in [-0.39, 0.29) is 11.2 Å². The molecule has 0 aromatic heterocycles. The minimum Gasteiger partial charge on any atom is -0.299 e. The van der Waals surface area contributed by atoms with Crippen molar-refractivity contribution in [1.29, 1.82) is 0 Å². The van der Waals surface area contributed by atoms with E-state index in [4.69, 9.17) is 23.2 Å². The van der Waals surface area contributed by atoms with Crippen LogP contribution in [0, 0.1) is 5.41 Å². The van der Waals surface area contributed by atoms with Gasteiger partial charge in [0.1, 0.15) is 5.78 Å². The zero-order valence-electron chi connectivity index (χ0n) is 9.81. The van der Waals surface area contributed by atoms with E-state index >= 15 is 0 Å². The van der Waals surface area contributed by atoms with Crippen LogP contribution in [-0.4, -0.2) is 5.78 Å². The average Bonchev–Trinajstić information content (AvgIpc) is 2.23. The van der Waals surface area contributed by atoms with E-state index in [0.717, 1.165) is 12.0 Å². The second-order valence-corrected chi connectivity index (χ2v) is 5.40. The molecule has 1 aromatic carbocycles. The number of carbonyl (C=O) groups excluding carboxylic acids is 1. The summed E-state index contributed by atoms with van der Waals surface area (Å²) in [5.74, 6) is 0.230. The van der Waals surface area contributed by atoms with Gasteiger partial charge in [0.2, 0.25) is 0 Å². The number of halogens is 2. The zero-order valence-corrected chi connectivity index (χ0v) is 11.3. The molecule has 0 N–H and O–H groups in total. The highest BCUT2D eigenvalue weighted by Gasteiger charge is 2.24. The Kier molecular flexibility index (Phi) is 4.40. The van der Waals surface area contributed by atoms with Crippen LogP contribution in [0.15, 0.2) is 18.2 Å². The molecule has 1 aromatic rings. The molecule has 0 spiro atoms. The summed E-state index contributed by atoms with van der Waals surface area (Å²) in [4.78, 5) is 12.0. The third kappa shape index (κ3) is 3.23. The topological polar surface area (TPSA) is 17.1 Å². The number of hydrogen-bond acceptors (Lipinski definition) is 1. The van der Waals surface area contributed by atoms with Crippen LogP contribution in [0.5, 0.6) is 0 Å². The molecular weight excluding hydrogens is 243 g/mol. The van der Waals surface area contributed by atoms with Crippen molar-refractivity contribution in [2.45, 2.75) is 33.6 Å². The lowest BCUT2D eigenvalue weighted by Gasteiger charge is -2.20. The molecule has 0 bridgehead atoms. The Morgan fingerprint density at radius 3 is 2.38 bits per heavy atom. The first-order valence-corrected chi connectivity index (χ1v) is 6.09. The fourth-order valence-electron chi connectivity index (χ4n) is 1.27. The Morgan fingerprint density at radius 1 is 1.25 bits per heavy atom. The fourth-order valence-corrected chi connectivity index (χ4v) is 1.59. The predicted molar refractivity (Wildman–Crippen MR) is 69.2 cm³/mol. The number of hydrogen-bond donors (Lipinski definition) is 0. The first-order chi connectivity index (χ1) is 7.36. The van der Waals surface area contributed by atoms with E-state index in [9.17, 15) is 4.79 Å². The van der Waals surface area contributed by atoms with Crippen molar-refractivity contribution in [1.82, 2.24) is 0 Å². The molecule has 0 fully saturated rings. The van der Waals surface area contributed by atoms with Crippen molar-refractivity contribution < 1.29 is 4.79 Å². The third-order valence-electron chi connectivity index (χ3n) is 2.99. The number of ketones is 1. The van der Waals surface area contributed by atoms with E-state index in [1.165, 1.54) is 0 Å². The van der Waals surface area contributed by atoms with Crippen molar-refractivity contribution in [3.63, 3.8) is 0 Å². The third-order valence-corrected chi connectivity index (χ3v) is 3.73. The van der Waals surface area contributed by atoms with Gasteiger partial charge in [-0.25, -0.2) is 0 Å². The summed E-state index contributed by atoms with van der Waals surface area (Å²) in [6, 6.07) is 5.33. The van der Waals surface area contributed by atoms with Crippen LogP contribution in [-0.2, 0) is 11.2 Å². The molecule has 0 unspecified atom stereocenters. The summed E-state index contributed by atoms with van der Waals surface area (Å²) in [7, 11) is 0. The highest BCUT2D eigenvalue weighted by molar-refractivity contribution is 6.42. The van der Waals surface area contributed by atoms with Gasteiger partial charge in [-0.3, -0.25) is 4.79 Å². The molecule has 1 nitrogen and oxygen atoms in total. The van der Waals surface area contributed by atoms with Gasteiger partial charge in [-0.2, -0.15) is 0 Å². The molecule has 16 heavy (non-hydrogen) atoms. The van der Waals surface area contributed by atoms with Gasteiger partial charge in [0.15, 0.2) is 0 Å². The lowest BCUT2D eigenvalue weighted by Crippen LogP contribution is -2.24. The number of carbonyl (C=O) groups is 1. The largest absolute Gasteiger partial charge is 0.299 e. The number of rotatable bonds is 4. The Bertz CT molecular complexity index is 397. The Balaban J connectivity index is 2.82. The molecule has 0 aliphatic heterocycles. The van der Waals surface area contributed by atoms with Gasteiger partial charge in [0.05, 0.1) is 10.0 Å². The summed E-state index contributed by atoms with van der Waals surface area (Å²) < 4.78 is 0. The van der Waals surface area contributed by atoms with Crippen molar-refractivity contribution in [3.05, 3.63) is 33.8 Å². The first-order valence-electron chi connectivity index (χ1n) is 5.34. The molecule has 0 amide bonds. The number of Topliss-reactive ketones (excluding diaryl/α,β-unsaturated/α-hetero) is 1. The smallest absolute Gasteiger partial charge is 0.142 e. The van der Waals surface area contributed by atoms with Gasteiger partial charge in [0.25, 0.3) is 0 Å². The highest BCUT2D eigenvalue weighted by atomic mass is 35.5.